The Balaban J connectivity index is 2.98. The Morgan fingerprint density at radius 3 is 0.931 bits per heavy atom. The number of unbranched alkanes of at least 4 members (excludes halogenated alkanes) is 12. The molecular formula is C52H100N2O4. The highest BCUT2D eigenvalue weighted by molar-refractivity contribution is 5.76. The zero-order valence-corrected chi connectivity index (χ0v) is 40.1. The fraction of sp³-hybridized carbons (Fsp3) is 0.962. The number of carboxylic acid groups (broad SMARTS) is 2. The smallest absolute Gasteiger partial charge is 0.310 e. The number of hydrogen-bond donors (Lipinski definition) is 4. The van der Waals surface area contributed by atoms with Crippen LogP contribution in [0.1, 0.15) is 280 Å². The SMILES string of the molecule is CCCCC1(CCCC)CC(C(CCCCCCCC(=O)O)(C(=O)O)C2CC(CCCC)(CCCC)NC(CCCC)(CCCC)C2)CC(CCCC)(CCCC)N1. The van der Waals surface area contributed by atoms with Crippen LogP contribution in [-0.2, 0) is 9.59 Å². The van der Waals surface area contributed by atoms with Gasteiger partial charge in [0.2, 0.25) is 0 Å². The van der Waals surface area contributed by atoms with E-state index in [0.717, 1.165) is 109 Å². The molecule has 0 bridgehead atoms. The molecule has 6 heteroatoms. The molecule has 0 atom stereocenters. The van der Waals surface area contributed by atoms with Crippen LogP contribution >= 0.6 is 0 Å². The summed E-state index contributed by atoms with van der Waals surface area (Å²) < 4.78 is 0. The Hall–Kier alpha value is -1.14. The summed E-state index contributed by atoms with van der Waals surface area (Å²) in [6, 6.07) is 0. The molecule has 0 radical (unpaired) electrons. The molecule has 0 aliphatic carbocycles. The lowest BCUT2D eigenvalue weighted by molar-refractivity contribution is -0.169. The van der Waals surface area contributed by atoms with Gasteiger partial charge in [0, 0.05) is 28.6 Å². The van der Waals surface area contributed by atoms with Crippen molar-refractivity contribution in [2.24, 2.45) is 17.3 Å². The van der Waals surface area contributed by atoms with E-state index in [1.54, 1.807) is 0 Å². The van der Waals surface area contributed by atoms with E-state index in [1.165, 1.54) is 103 Å². The van der Waals surface area contributed by atoms with E-state index >= 15 is 4.79 Å². The van der Waals surface area contributed by atoms with Crippen LogP contribution in [0.4, 0.5) is 0 Å². The van der Waals surface area contributed by atoms with Gasteiger partial charge in [-0.25, -0.2) is 0 Å². The lowest BCUT2D eigenvalue weighted by Crippen LogP contribution is -2.69. The molecule has 2 heterocycles. The second-order valence-electron chi connectivity index (χ2n) is 20.4. The van der Waals surface area contributed by atoms with E-state index in [4.69, 9.17) is 0 Å². The van der Waals surface area contributed by atoms with Crippen molar-refractivity contribution in [2.45, 2.75) is 302 Å². The highest BCUT2D eigenvalue weighted by atomic mass is 16.4. The molecule has 0 aromatic carbocycles. The Morgan fingerprint density at radius 2 is 0.690 bits per heavy atom. The van der Waals surface area contributed by atoms with Crippen molar-refractivity contribution in [1.29, 1.82) is 0 Å². The van der Waals surface area contributed by atoms with Crippen molar-refractivity contribution in [3.8, 4) is 0 Å². The van der Waals surface area contributed by atoms with Gasteiger partial charge in [-0.2, -0.15) is 0 Å². The van der Waals surface area contributed by atoms with Crippen LogP contribution in [0, 0.1) is 17.3 Å². The monoisotopic (exact) mass is 817 g/mol. The van der Waals surface area contributed by atoms with E-state index in [9.17, 15) is 15.0 Å². The van der Waals surface area contributed by atoms with Crippen LogP contribution in [0.15, 0.2) is 0 Å². The first-order chi connectivity index (χ1) is 27.9. The van der Waals surface area contributed by atoms with Crippen molar-refractivity contribution in [2.75, 3.05) is 0 Å². The molecule has 342 valence electrons. The molecule has 0 amide bonds. The maximum absolute atomic E-state index is 15.1. The Bertz CT molecular complexity index is 955. The molecule has 2 fully saturated rings. The van der Waals surface area contributed by atoms with Crippen LogP contribution in [0.25, 0.3) is 0 Å². The van der Waals surface area contributed by atoms with Gasteiger partial charge >= 0.3 is 11.9 Å². The first-order valence-electron chi connectivity index (χ1n) is 25.9. The third-order valence-corrected chi connectivity index (χ3v) is 15.5. The van der Waals surface area contributed by atoms with Crippen LogP contribution < -0.4 is 10.6 Å². The molecule has 0 spiro atoms. The average molecular weight is 817 g/mol. The molecule has 58 heavy (non-hydrogen) atoms. The predicted octanol–water partition coefficient (Wildman–Crippen LogP) is 15.3. The van der Waals surface area contributed by atoms with E-state index in [1.807, 2.05) is 0 Å². The summed E-state index contributed by atoms with van der Waals surface area (Å²) >= 11 is 0. The van der Waals surface area contributed by atoms with Crippen molar-refractivity contribution in [3.63, 3.8) is 0 Å². The highest BCUT2D eigenvalue weighted by Gasteiger charge is 2.61. The van der Waals surface area contributed by atoms with Crippen LogP contribution in [0.2, 0.25) is 0 Å². The summed E-state index contributed by atoms with van der Waals surface area (Å²) in [7, 11) is 0. The van der Waals surface area contributed by atoms with Gasteiger partial charge in [-0.1, -0.05) is 184 Å². The normalized spacial score (nSPS) is 19.4. The van der Waals surface area contributed by atoms with Gasteiger partial charge in [-0.05, 0) is 102 Å². The van der Waals surface area contributed by atoms with Crippen molar-refractivity contribution in [1.82, 2.24) is 10.6 Å². The first-order valence-corrected chi connectivity index (χ1v) is 25.9. The molecule has 4 N–H and O–H groups in total. The molecule has 2 aliphatic heterocycles. The Kier molecular flexibility index (Phi) is 25.3. The molecule has 0 saturated carbocycles. The average Bonchev–Trinajstić information content (AvgIpc) is 3.21. The number of carbonyl (C=O) groups is 2. The Morgan fingerprint density at radius 1 is 0.431 bits per heavy atom. The molecule has 2 saturated heterocycles. The maximum atomic E-state index is 15.1. The summed E-state index contributed by atoms with van der Waals surface area (Å²) in [6.45, 7) is 18.7. The maximum Gasteiger partial charge on any atom is 0.310 e. The summed E-state index contributed by atoms with van der Waals surface area (Å²) in [5.41, 5.74) is -0.881. The highest BCUT2D eigenvalue weighted by Crippen LogP contribution is 2.59. The van der Waals surface area contributed by atoms with E-state index < -0.39 is 17.4 Å². The molecule has 2 aliphatic rings. The second-order valence-corrected chi connectivity index (χ2v) is 20.4. The second kappa shape index (κ2) is 27.7. The van der Waals surface area contributed by atoms with Gasteiger partial charge in [-0.3, -0.25) is 9.59 Å². The fourth-order valence-corrected chi connectivity index (χ4v) is 12.4. The van der Waals surface area contributed by atoms with E-state index in [0.29, 0.717) is 6.42 Å². The minimum absolute atomic E-state index is 0.0239. The minimum Gasteiger partial charge on any atom is -0.481 e. The van der Waals surface area contributed by atoms with E-state index in [-0.39, 0.29) is 40.4 Å². The molecular weight excluding hydrogens is 717 g/mol. The number of rotatable bonds is 35. The quantitative estimate of drug-likeness (QED) is 0.0476. The van der Waals surface area contributed by atoms with Gasteiger partial charge < -0.3 is 20.8 Å². The van der Waals surface area contributed by atoms with Gasteiger partial charge in [0.25, 0.3) is 0 Å². The Labute approximate surface area is 360 Å². The zero-order valence-electron chi connectivity index (χ0n) is 40.1. The summed E-state index contributed by atoms with van der Waals surface area (Å²) in [5, 5.41) is 30.8. The fourth-order valence-electron chi connectivity index (χ4n) is 12.4. The number of nitrogens with one attached hydrogen (secondary N) is 2. The van der Waals surface area contributed by atoms with E-state index in [2.05, 4.69) is 66.0 Å². The van der Waals surface area contributed by atoms with Gasteiger partial charge in [-0.15, -0.1) is 0 Å². The summed E-state index contributed by atoms with van der Waals surface area (Å²) in [5.74, 6) is -0.935. The van der Waals surface area contributed by atoms with Crippen LogP contribution in [0.3, 0.4) is 0 Å². The lowest BCUT2D eigenvalue weighted by atomic mass is 9.50. The number of aliphatic carboxylic acids is 2. The summed E-state index contributed by atoms with van der Waals surface area (Å²) in [6.07, 6.45) is 37.7. The number of carboxylic acids is 2. The molecule has 0 aromatic heterocycles. The first kappa shape index (κ1) is 53.0. The molecule has 0 aromatic rings. The van der Waals surface area contributed by atoms with Crippen molar-refractivity contribution >= 4 is 11.9 Å². The van der Waals surface area contributed by atoms with Crippen molar-refractivity contribution in [3.05, 3.63) is 0 Å². The van der Waals surface area contributed by atoms with Crippen LogP contribution in [0.5, 0.6) is 0 Å². The van der Waals surface area contributed by atoms with Gasteiger partial charge in [0.15, 0.2) is 0 Å². The van der Waals surface area contributed by atoms with Crippen molar-refractivity contribution < 1.29 is 19.8 Å². The molecule has 2 rings (SSSR count). The standard InChI is InChI=1S/C52H100N2O4/c1-9-17-31-48(32-18-10-2)40-44(41-49(53-48,33-19-11-3)34-20-12-4)52(47(57)58,39-29-27-25-26-28-30-46(55)56)45-42-50(35-21-13-5,36-22-14-6)54-51(43-45,37-23-15-7)38-24-16-8/h44-45,53-54H,9-43H2,1-8H3,(H,55,56)(H,57,58). The van der Waals surface area contributed by atoms with Gasteiger partial charge in [0.05, 0.1) is 5.41 Å². The minimum atomic E-state index is -0.786. The predicted molar refractivity (Wildman–Crippen MR) is 249 cm³/mol. The third-order valence-electron chi connectivity index (χ3n) is 15.5. The van der Waals surface area contributed by atoms with Gasteiger partial charge in [0.1, 0.15) is 0 Å². The number of hydrogen-bond acceptors (Lipinski definition) is 4. The summed E-state index contributed by atoms with van der Waals surface area (Å²) in [4.78, 5) is 26.4. The van der Waals surface area contributed by atoms with Crippen LogP contribution in [-0.4, -0.2) is 44.3 Å². The third kappa shape index (κ3) is 16.0. The number of piperidine rings is 2. The molecule has 0 unspecified atom stereocenters. The lowest BCUT2D eigenvalue weighted by Gasteiger charge is -2.61. The zero-order chi connectivity index (χ0) is 43.0. The molecule has 6 nitrogen and oxygen atoms in total. The largest absolute Gasteiger partial charge is 0.481 e. The topological polar surface area (TPSA) is 98.7 Å².